The molecular weight excluding hydrogens is 206 g/mol. The minimum absolute atomic E-state index is 0.0991. The van der Waals surface area contributed by atoms with Crippen LogP contribution in [0.4, 0.5) is 0 Å². The van der Waals surface area contributed by atoms with Crippen LogP contribution in [0.2, 0.25) is 0 Å². The summed E-state index contributed by atoms with van der Waals surface area (Å²) in [6.45, 7) is -0.260. The van der Waals surface area contributed by atoms with Crippen LogP contribution in [0.25, 0.3) is 0 Å². The molecule has 0 saturated heterocycles. The van der Waals surface area contributed by atoms with Crippen LogP contribution in [0, 0.1) is 0 Å². The topological polar surface area (TPSA) is 89.8 Å². The van der Waals surface area contributed by atoms with Crippen LogP contribution in [-0.2, 0) is 4.79 Å². The van der Waals surface area contributed by atoms with Gasteiger partial charge in [-0.25, -0.2) is 0 Å². The standard InChI is InChI=1S/C8H17NO4S/c1-14-3-2-7(8(12)13)9-4-6(11)5-10/h6-7,9-11H,2-5H2,1H3,(H,12,13)/t6?,7-/m0/s1. The van der Waals surface area contributed by atoms with E-state index in [4.69, 9.17) is 15.3 Å². The summed E-state index contributed by atoms with van der Waals surface area (Å²) in [5, 5.41) is 29.0. The molecule has 0 saturated carbocycles. The Bertz CT molecular complexity index is 167. The minimum atomic E-state index is -0.927. The summed E-state index contributed by atoms with van der Waals surface area (Å²) in [6.07, 6.45) is 1.52. The van der Waals surface area contributed by atoms with Crippen LogP contribution in [0.15, 0.2) is 0 Å². The molecule has 0 bridgehead atoms. The van der Waals surface area contributed by atoms with Crippen molar-refractivity contribution in [2.75, 3.05) is 25.2 Å². The molecule has 0 rings (SSSR count). The predicted molar refractivity (Wildman–Crippen MR) is 55.5 cm³/mol. The van der Waals surface area contributed by atoms with E-state index in [0.717, 1.165) is 5.75 Å². The Morgan fingerprint density at radius 3 is 2.64 bits per heavy atom. The van der Waals surface area contributed by atoms with Gasteiger partial charge in [-0.2, -0.15) is 11.8 Å². The van der Waals surface area contributed by atoms with E-state index in [0.29, 0.717) is 6.42 Å². The number of aliphatic hydroxyl groups is 2. The highest BCUT2D eigenvalue weighted by molar-refractivity contribution is 7.98. The molecule has 0 spiro atoms. The molecule has 0 aliphatic carbocycles. The van der Waals surface area contributed by atoms with Crippen molar-refractivity contribution in [1.29, 1.82) is 0 Å². The highest BCUT2D eigenvalue weighted by Crippen LogP contribution is 2.00. The number of rotatable bonds is 8. The molecule has 0 aromatic carbocycles. The first-order chi connectivity index (χ1) is 6.61. The van der Waals surface area contributed by atoms with Crippen molar-refractivity contribution < 1.29 is 20.1 Å². The number of carboxylic acid groups (broad SMARTS) is 1. The molecule has 2 atom stereocenters. The number of nitrogens with one attached hydrogen (secondary N) is 1. The van der Waals surface area contributed by atoms with Crippen LogP contribution in [0.3, 0.4) is 0 Å². The largest absolute Gasteiger partial charge is 0.480 e. The van der Waals surface area contributed by atoms with Crippen molar-refractivity contribution in [1.82, 2.24) is 5.32 Å². The second-order valence-electron chi connectivity index (χ2n) is 2.92. The van der Waals surface area contributed by atoms with Crippen molar-refractivity contribution in [3.05, 3.63) is 0 Å². The van der Waals surface area contributed by atoms with Gasteiger partial charge in [0.1, 0.15) is 6.04 Å². The van der Waals surface area contributed by atoms with Gasteiger partial charge in [-0.3, -0.25) is 4.79 Å². The Balaban J connectivity index is 3.79. The zero-order chi connectivity index (χ0) is 11.0. The molecule has 6 heteroatoms. The smallest absolute Gasteiger partial charge is 0.320 e. The summed E-state index contributed by atoms with van der Waals surface area (Å²) < 4.78 is 0. The third-order valence-electron chi connectivity index (χ3n) is 1.72. The van der Waals surface area contributed by atoms with E-state index >= 15 is 0 Å². The molecule has 0 aromatic rings. The van der Waals surface area contributed by atoms with Crippen LogP contribution in [0.1, 0.15) is 6.42 Å². The predicted octanol–water partition coefficient (Wildman–Crippen LogP) is -0.864. The van der Waals surface area contributed by atoms with Crippen molar-refractivity contribution in [3.63, 3.8) is 0 Å². The molecule has 0 radical (unpaired) electrons. The van der Waals surface area contributed by atoms with Crippen LogP contribution in [-0.4, -0.2) is 58.6 Å². The zero-order valence-electron chi connectivity index (χ0n) is 8.14. The molecule has 4 N–H and O–H groups in total. The number of hydrogen-bond donors (Lipinski definition) is 4. The maximum atomic E-state index is 10.7. The van der Waals surface area contributed by atoms with Gasteiger partial charge in [0.05, 0.1) is 12.7 Å². The van der Waals surface area contributed by atoms with Crippen molar-refractivity contribution in [3.8, 4) is 0 Å². The molecule has 84 valence electrons. The van der Waals surface area contributed by atoms with Crippen LogP contribution in [0.5, 0.6) is 0 Å². The maximum absolute atomic E-state index is 10.7. The lowest BCUT2D eigenvalue weighted by Gasteiger charge is -2.15. The maximum Gasteiger partial charge on any atom is 0.320 e. The lowest BCUT2D eigenvalue weighted by molar-refractivity contribution is -0.139. The van der Waals surface area contributed by atoms with Gasteiger partial charge in [0.2, 0.25) is 0 Å². The molecule has 0 heterocycles. The first-order valence-electron chi connectivity index (χ1n) is 4.35. The Morgan fingerprint density at radius 2 is 2.21 bits per heavy atom. The molecule has 0 fully saturated rings. The molecule has 0 amide bonds. The quantitative estimate of drug-likeness (QED) is 0.428. The highest BCUT2D eigenvalue weighted by Gasteiger charge is 2.16. The van der Waals surface area contributed by atoms with Gasteiger partial charge in [0, 0.05) is 6.54 Å². The molecule has 0 aliphatic heterocycles. The monoisotopic (exact) mass is 223 g/mol. The molecule has 1 unspecified atom stereocenters. The number of thioether (sulfide) groups is 1. The number of hydrogen-bond acceptors (Lipinski definition) is 5. The third kappa shape index (κ3) is 6.20. The summed E-state index contributed by atoms with van der Waals surface area (Å²) in [4.78, 5) is 10.7. The first kappa shape index (κ1) is 13.7. The number of aliphatic hydroxyl groups excluding tert-OH is 2. The fourth-order valence-corrected chi connectivity index (χ4v) is 1.36. The van der Waals surface area contributed by atoms with E-state index in [9.17, 15) is 4.79 Å². The SMILES string of the molecule is CSCC[C@H](NCC(O)CO)C(=O)O. The average Bonchev–Trinajstić information content (AvgIpc) is 2.16. The minimum Gasteiger partial charge on any atom is -0.480 e. The van der Waals surface area contributed by atoms with Crippen molar-refractivity contribution in [2.24, 2.45) is 0 Å². The van der Waals surface area contributed by atoms with Crippen molar-refractivity contribution in [2.45, 2.75) is 18.6 Å². The summed E-state index contributed by atoms with van der Waals surface area (Å²) in [6, 6.07) is -0.649. The van der Waals surface area contributed by atoms with E-state index in [1.54, 1.807) is 11.8 Å². The van der Waals surface area contributed by atoms with Gasteiger partial charge in [0.15, 0.2) is 0 Å². The van der Waals surface area contributed by atoms with Crippen LogP contribution < -0.4 is 5.32 Å². The Kier molecular flexibility index (Phi) is 7.87. The summed E-state index contributed by atoms with van der Waals surface area (Å²) in [7, 11) is 0. The summed E-state index contributed by atoms with van der Waals surface area (Å²) in [5.74, 6) is -0.177. The van der Waals surface area contributed by atoms with E-state index in [-0.39, 0.29) is 13.2 Å². The lowest BCUT2D eigenvalue weighted by atomic mass is 10.2. The second kappa shape index (κ2) is 8.05. The normalized spacial score (nSPS) is 15.1. The van der Waals surface area contributed by atoms with E-state index in [1.165, 1.54) is 0 Å². The fourth-order valence-electron chi connectivity index (χ4n) is 0.891. The number of carboxylic acids is 1. The molecule has 5 nitrogen and oxygen atoms in total. The molecule has 14 heavy (non-hydrogen) atoms. The molecule has 0 aliphatic rings. The van der Waals surface area contributed by atoms with Gasteiger partial charge in [-0.1, -0.05) is 0 Å². The Morgan fingerprint density at radius 1 is 1.57 bits per heavy atom. The van der Waals surface area contributed by atoms with Gasteiger partial charge >= 0.3 is 5.97 Å². The third-order valence-corrected chi connectivity index (χ3v) is 2.36. The summed E-state index contributed by atoms with van der Waals surface area (Å²) in [5.41, 5.74) is 0. The second-order valence-corrected chi connectivity index (χ2v) is 3.90. The molecule has 0 aromatic heterocycles. The number of carbonyl (C=O) groups is 1. The lowest BCUT2D eigenvalue weighted by Crippen LogP contribution is -2.42. The van der Waals surface area contributed by atoms with E-state index < -0.39 is 18.1 Å². The van der Waals surface area contributed by atoms with E-state index in [1.807, 2.05) is 6.26 Å². The Labute approximate surface area is 87.5 Å². The Hall–Kier alpha value is -0.300. The molecular formula is C8H17NO4S. The fraction of sp³-hybridized carbons (Fsp3) is 0.875. The van der Waals surface area contributed by atoms with Gasteiger partial charge in [0.25, 0.3) is 0 Å². The summed E-state index contributed by atoms with van der Waals surface area (Å²) >= 11 is 1.57. The van der Waals surface area contributed by atoms with Gasteiger partial charge < -0.3 is 20.6 Å². The first-order valence-corrected chi connectivity index (χ1v) is 5.75. The van der Waals surface area contributed by atoms with Gasteiger partial charge in [-0.05, 0) is 18.4 Å². The highest BCUT2D eigenvalue weighted by atomic mass is 32.2. The van der Waals surface area contributed by atoms with E-state index in [2.05, 4.69) is 5.32 Å². The number of aliphatic carboxylic acids is 1. The van der Waals surface area contributed by atoms with Crippen LogP contribution >= 0.6 is 11.8 Å². The average molecular weight is 223 g/mol. The zero-order valence-corrected chi connectivity index (χ0v) is 8.96. The van der Waals surface area contributed by atoms with Gasteiger partial charge in [-0.15, -0.1) is 0 Å². The van der Waals surface area contributed by atoms with Crippen molar-refractivity contribution >= 4 is 17.7 Å².